The van der Waals surface area contributed by atoms with Crippen LogP contribution in [0.5, 0.6) is 5.75 Å². The Morgan fingerprint density at radius 2 is 2.30 bits per heavy atom. The zero-order valence-corrected chi connectivity index (χ0v) is 11.3. The molecule has 20 heavy (non-hydrogen) atoms. The molecule has 1 atom stereocenters. The summed E-state index contributed by atoms with van der Waals surface area (Å²) in [6.07, 6.45) is 1.97. The van der Waals surface area contributed by atoms with Gasteiger partial charge in [0.2, 0.25) is 0 Å². The summed E-state index contributed by atoms with van der Waals surface area (Å²) in [5.74, 6) is -0.181. The summed E-state index contributed by atoms with van der Waals surface area (Å²) in [6, 6.07) is 6.04. The van der Waals surface area contributed by atoms with Crippen molar-refractivity contribution in [3.8, 4) is 5.75 Å². The maximum atomic E-state index is 12.3. The first-order valence-corrected chi connectivity index (χ1v) is 6.60. The Balaban J connectivity index is 2.07. The number of carbonyl (C=O) groups excluding carboxylic acids is 1. The minimum Gasteiger partial charge on any atom is -0.435 e. The number of amides is 1. The van der Waals surface area contributed by atoms with Gasteiger partial charge in [-0.05, 0) is 37.6 Å². The van der Waals surface area contributed by atoms with E-state index in [0.717, 1.165) is 25.9 Å². The number of piperidine rings is 1. The topological polar surface area (TPSA) is 41.6 Å². The molecule has 0 aliphatic carbocycles. The SMILES string of the molecule is CN(C(=O)c1cccc(OC(F)F)c1)C1CCCNC1. The molecule has 0 aromatic heterocycles. The van der Waals surface area contributed by atoms with E-state index in [4.69, 9.17) is 0 Å². The zero-order chi connectivity index (χ0) is 14.5. The minimum atomic E-state index is -2.89. The molecule has 110 valence electrons. The van der Waals surface area contributed by atoms with E-state index in [1.807, 2.05) is 0 Å². The van der Waals surface area contributed by atoms with Crippen molar-refractivity contribution in [3.05, 3.63) is 29.8 Å². The molecule has 1 aromatic carbocycles. The molecule has 0 radical (unpaired) electrons. The molecule has 1 amide bonds. The number of ether oxygens (including phenoxy) is 1. The number of alkyl halides is 2. The van der Waals surface area contributed by atoms with E-state index in [-0.39, 0.29) is 17.7 Å². The van der Waals surface area contributed by atoms with Crippen LogP contribution < -0.4 is 10.1 Å². The Morgan fingerprint density at radius 3 is 2.95 bits per heavy atom. The van der Waals surface area contributed by atoms with E-state index < -0.39 is 6.61 Å². The molecule has 1 saturated heterocycles. The molecule has 4 nitrogen and oxygen atoms in total. The summed E-state index contributed by atoms with van der Waals surface area (Å²) >= 11 is 0. The first kappa shape index (κ1) is 14.7. The number of carbonyl (C=O) groups is 1. The molecular formula is C14H18F2N2O2. The van der Waals surface area contributed by atoms with E-state index in [9.17, 15) is 13.6 Å². The Bertz CT molecular complexity index is 462. The van der Waals surface area contributed by atoms with Crippen molar-refractivity contribution in [1.29, 1.82) is 0 Å². The van der Waals surface area contributed by atoms with Gasteiger partial charge in [0.05, 0.1) is 0 Å². The van der Waals surface area contributed by atoms with Gasteiger partial charge in [0.15, 0.2) is 0 Å². The third kappa shape index (κ3) is 3.66. The second-order valence-electron chi connectivity index (χ2n) is 4.82. The molecule has 0 saturated carbocycles. The summed E-state index contributed by atoms with van der Waals surface area (Å²) in [7, 11) is 1.74. The van der Waals surface area contributed by atoms with Crippen LogP contribution in [0, 0.1) is 0 Å². The molecular weight excluding hydrogens is 266 g/mol. The summed E-state index contributed by atoms with van der Waals surface area (Å²) in [5, 5.41) is 3.24. The molecule has 6 heteroatoms. The van der Waals surface area contributed by atoms with Gasteiger partial charge < -0.3 is 15.0 Å². The molecule has 1 aromatic rings. The van der Waals surface area contributed by atoms with Crippen LogP contribution in [0.15, 0.2) is 24.3 Å². The van der Waals surface area contributed by atoms with Crippen molar-refractivity contribution >= 4 is 5.91 Å². The highest BCUT2D eigenvalue weighted by molar-refractivity contribution is 5.94. The van der Waals surface area contributed by atoms with Gasteiger partial charge in [0.25, 0.3) is 5.91 Å². The summed E-state index contributed by atoms with van der Waals surface area (Å²) < 4.78 is 28.7. The smallest absolute Gasteiger partial charge is 0.387 e. The Hall–Kier alpha value is -1.69. The highest BCUT2D eigenvalue weighted by Gasteiger charge is 2.23. The quantitative estimate of drug-likeness (QED) is 0.920. The average molecular weight is 284 g/mol. The largest absolute Gasteiger partial charge is 0.435 e. The lowest BCUT2D eigenvalue weighted by atomic mass is 10.1. The molecule has 1 aliphatic heterocycles. The fourth-order valence-electron chi connectivity index (χ4n) is 2.34. The van der Waals surface area contributed by atoms with Crippen molar-refractivity contribution in [2.24, 2.45) is 0 Å². The molecule has 1 fully saturated rings. The first-order chi connectivity index (χ1) is 9.58. The van der Waals surface area contributed by atoms with Gasteiger partial charge in [-0.25, -0.2) is 0 Å². The number of hydrogen-bond donors (Lipinski definition) is 1. The molecule has 0 spiro atoms. The number of nitrogens with one attached hydrogen (secondary N) is 1. The van der Waals surface area contributed by atoms with E-state index in [1.54, 1.807) is 18.0 Å². The fraction of sp³-hybridized carbons (Fsp3) is 0.500. The number of likely N-dealkylation sites (N-methyl/N-ethyl adjacent to an activating group) is 1. The van der Waals surface area contributed by atoms with Gasteiger partial charge in [0, 0.05) is 25.2 Å². The van der Waals surface area contributed by atoms with Crippen LogP contribution >= 0.6 is 0 Å². The maximum absolute atomic E-state index is 12.3. The number of hydrogen-bond acceptors (Lipinski definition) is 3. The molecule has 1 N–H and O–H groups in total. The Morgan fingerprint density at radius 1 is 1.50 bits per heavy atom. The van der Waals surface area contributed by atoms with E-state index in [2.05, 4.69) is 10.1 Å². The number of halogens is 2. The van der Waals surface area contributed by atoms with Crippen molar-refractivity contribution in [2.45, 2.75) is 25.5 Å². The van der Waals surface area contributed by atoms with Crippen LogP contribution in [0.3, 0.4) is 0 Å². The van der Waals surface area contributed by atoms with Gasteiger partial charge in [-0.15, -0.1) is 0 Å². The van der Waals surface area contributed by atoms with Crippen LogP contribution in [0.2, 0.25) is 0 Å². The number of benzene rings is 1. The maximum Gasteiger partial charge on any atom is 0.387 e. The fourth-order valence-corrected chi connectivity index (χ4v) is 2.34. The van der Waals surface area contributed by atoms with Crippen molar-refractivity contribution in [3.63, 3.8) is 0 Å². The highest BCUT2D eigenvalue weighted by atomic mass is 19.3. The van der Waals surface area contributed by atoms with E-state index >= 15 is 0 Å². The lowest BCUT2D eigenvalue weighted by molar-refractivity contribution is -0.0499. The highest BCUT2D eigenvalue weighted by Crippen LogP contribution is 2.18. The van der Waals surface area contributed by atoms with Gasteiger partial charge in [-0.1, -0.05) is 6.07 Å². The Kier molecular flexibility index (Phi) is 4.89. The summed E-state index contributed by atoms with van der Waals surface area (Å²) in [4.78, 5) is 14.0. The molecule has 1 heterocycles. The van der Waals surface area contributed by atoms with E-state index in [0.29, 0.717) is 5.56 Å². The van der Waals surface area contributed by atoms with Gasteiger partial charge in [0.1, 0.15) is 5.75 Å². The van der Waals surface area contributed by atoms with Gasteiger partial charge in [-0.2, -0.15) is 8.78 Å². The van der Waals surface area contributed by atoms with Crippen LogP contribution in [0.4, 0.5) is 8.78 Å². The molecule has 1 unspecified atom stereocenters. The van der Waals surface area contributed by atoms with Crippen LogP contribution in [-0.4, -0.2) is 43.6 Å². The van der Waals surface area contributed by atoms with Crippen LogP contribution in [0.1, 0.15) is 23.2 Å². The first-order valence-electron chi connectivity index (χ1n) is 6.60. The van der Waals surface area contributed by atoms with Crippen molar-refractivity contribution in [2.75, 3.05) is 20.1 Å². The summed E-state index contributed by atoms with van der Waals surface area (Å²) in [6.45, 7) is -1.16. The predicted octanol–water partition coefficient (Wildman–Crippen LogP) is 2.11. The summed E-state index contributed by atoms with van der Waals surface area (Å²) in [5.41, 5.74) is 0.358. The molecule has 1 aliphatic rings. The average Bonchev–Trinajstić information content (AvgIpc) is 2.46. The second-order valence-corrected chi connectivity index (χ2v) is 4.82. The lowest BCUT2D eigenvalue weighted by Crippen LogP contribution is -2.46. The van der Waals surface area contributed by atoms with Gasteiger partial charge in [-0.3, -0.25) is 4.79 Å². The van der Waals surface area contributed by atoms with Crippen molar-refractivity contribution < 1.29 is 18.3 Å². The molecule has 2 rings (SSSR count). The third-order valence-corrected chi connectivity index (χ3v) is 3.45. The van der Waals surface area contributed by atoms with E-state index in [1.165, 1.54) is 18.2 Å². The zero-order valence-electron chi connectivity index (χ0n) is 11.3. The Labute approximate surface area is 116 Å². The lowest BCUT2D eigenvalue weighted by Gasteiger charge is -2.31. The molecule has 0 bridgehead atoms. The number of rotatable bonds is 4. The monoisotopic (exact) mass is 284 g/mol. The minimum absolute atomic E-state index is 0.000944. The van der Waals surface area contributed by atoms with Gasteiger partial charge >= 0.3 is 6.61 Å². The van der Waals surface area contributed by atoms with Crippen LogP contribution in [-0.2, 0) is 0 Å². The number of nitrogens with zero attached hydrogens (tertiary/aromatic N) is 1. The second kappa shape index (κ2) is 6.65. The normalized spacial score (nSPS) is 18.9. The van der Waals surface area contributed by atoms with Crippen LogP contribution in [0.25, 0.3) is 0 Å². The van der Waals surface area contributed by atoms with Crippen molar-refractivity contribution in [1.82, 2.24) is 10.2 Å². The predicted molar refractivity (Wildman–Crippen MR) is 71.1 cm³/mol. The third-order valence-electron chi connectivity index (χ3n) is 3.45. The standard InChI is InChI=1S/C14H18F2N2O2/c1-18(11-5-3-7-17-9-11)13(19)10-4-2-6-12(8-10)20-14(15)16/h2,4,6,8,11,14,17H,3,5,7,9H2,1H3.